The largest absolute Gasteiger partial charge is 0.444 e. The third kappa shape index (κ3) is 4.19. The maximum atomic E-state index is 11.6. The summed E-state index contributed by atoms with van der Waals surface area (Å²) in [6, 6.07) is -0.0610. The van der Waals surface area contributed by atoms with Gasteiger partial charge in [0.1, 0.15) is 5.60 Å². The van der Waals surface area contributed by atoms with E-state index in [-0.39, 0.29) is 18.2 Å². The second-order valence-corrected chi connectivity index (χ2v) is 6.81. The molecule has 3 N–H and O–H groups in total. The Labute approximate surface area is 104 Å². The molecule has 1 amide bonds. The van der Waals surface area contributed by atoms with Crippen molar-refractivity contribution in [2.24, 2.45) is 17.1 Å². The van der Waals surface area contributed by atoms with Crippen LogP contribution in [0.25, 0.3) is 0 Å². The lowest BCUT2D eigenvalue weighted by molar-refractivity contribution is 0.0498. The lowest BCUT2D eigenvalue weighted by Crippen LogP contribution is -2.48. The normalized spacial score (nSPS) is 25.9. The van der Waals surface area contributed by atoms with Crippen LogP contribution >= 0.6 is 0 Å². The molecule has 2 unspecified atom stereocenters. The van der Waals surface area contributed by atoms with Crippen molar-refractivity contribution >= 4 is 6.09 Å². The van der Waals surface area contributed by atoms with E-state index in [1.165, 1.54) is 0 Å². The van der Waals surface area contributed by atoms with Crippen molar-refractivity contribution in [3.63, 3.8) is 0 Å². The van der Waals surface area contributed by atoms with Crippen molar-refractivity contribution in [2.75, 3.05) is 0 Å². The summed E-state index contributed by atoms with van der Waals surface area (Å²) < 4.78 is 5.21. The smallest absolute Gasteiger partial charge is 0.407 e. The minimum Gasteiger partial charge on any atom is -0.444 e. The lowest BCUT2D eigenvalue weighted by Gasteiger charge is -2.25. The van der Waals surface area contributed by atoms with Gasteiger partial charge in [0.2, 0.25) is 0 Å². The maximum Gasteiger partial charge on any atom is 0.407 e. The zero-order valence-corrected chi connectivity index (χ0v) is 11.8. The third-order valence-corrected chi connectivity index (χ3v) is 3.38. The molecule has 0 aliphatic heterocycles. The fourth-order valence-corrected chi connectivity index (χ4v) is 2.10. The van der Waals surface area contributed by atoms with Crippen LogP contribution in [0.3, 0.4) is 0 Å². The molecule has 3 atom stereocenters. The molecule has 1 aliphatic rings. The summed E-state index contributed by atoms with van der Waals surface area (Å²) in [6.07, 6.45) is 0.744. The SMILES string of the molecule is C[C@H](NC(=O)OC(C)(C)C)C(N)C1CC1(C)C. The van der Waals surface area contributed by atoms with E-state index in [2.05, 4.69) is 19.2 Å². The van der Waals surface area contributed by atoms with E-state index in [9.17, 15) is 4.79 Å². The van der Waals surface area contributed by atoms with Crippen molar-refractivity contribution < 1.29 is 9.53 Å². The van der Waals surface area contributed by atoms with Gasteiger partial charge in [0.05, 0.1) is 0 Å². The van der Waals surface area contributed by atoms with Gasteiger partial charge in [-0.2, -0.15) is 0 Å². The Morgan fingerprint density at radius 2 is 1.94 bits per heavy atom. The van der Waals surface area contributed by atoms with Crippen molar-refractivity contribution in [1.82, 2.24) is 5.32 Å². The first-order chi connectivity index (χ1) is 7.53. The Kier molecular flexibility index (Phi) is 3.77. The molecule has 4 heteroatoms. The average Bonchev–Trinajstić information content (AvgIpc) is 2.70. The second kappa shape index (κ2) is 4.48. The van der Waals surface area contributed by atoms with Gasteiger partial charge in [-0.3, -0.25) is 0 Å². The summed E-state index contributed by atoms with van der Waals surface area (Å²) in [5.74, 6) is 0.493. The van der Waals surface area contributed by atoms with Gasteiger partial charge < -0.3 is 15.8 Å². The quantitative estimate of drug-likeness (QED) is 0.798. The molecule has 0 radical (unpaired) electrons. The van der Waals surface area contributed by atoms with Crippen LogP contribution in [-0.4, -0.2) is 23.8 Å². The number of amides is 1. The zero-order chi connectivity index (χ0) is 13.4. The predicted octanol–water partition coefficient (Wildman–Crippen LogP) is 2.27. The molecule has 0 heterocycles. The van der Waals surface area contributed by atoms with Crippen LogP contribution in [-0.2, 0) is 4.74 Å². The van der Waals surface area contributed by atoms with E-state index in [1.54, 1.807) is 0 Å². The van der Waals surface area contributed by atoms with Crippen molar-refractivity contribution in [1.29, 1.82) is 0 Å². The Bertz CT molecular complexity index is 294. The number of alkyl carbamates (subject to hydrolysis) is 1. The molecule has 0 saturated heterocycles. The number of carbonyl (C=O) groups excluding carboxylic acids is 1. The van der Waals surface area contributed by atoms with E-state index in [4.69, 9.17) is 10.5 Å². The molecular weight excluding hydrogens is 216 g/mol. The highest BCUT2D eigenvalue weighted by Crippen LogP contribution is 2.53. The summed E-state index contributed by atoms with van der Waals surface area (Å²) in [5, 5.41) is 2.81. The maximum absolute atomic E-state index is 11.6. The van der Waals surface area contributed by atoms with E-state index in [1.807, 2.05) is 27.7 Å². The number of hydrogen-bond donors (Lipinski definition) is 2. The minimum absolute atomic E-state index is 0.00230. The van der Waals surface area contributed by atoms with Gasteiger partial charge in [0, 0.05) is 12.1 Å². The summed E-state index contributed by atoms with van der Waals surface area (Å²) in [6.45, 7) is 11.9. The van der Waals surface area contributed by atoms with Gasteiger partial charge >= 0.3 is 6.09 Å². The van der Waals surface area contributed by atoms with Gasteiger partial charge in [-0.1, -0.05) is 13.8 Å². The molecular formula is C13H26N2O2. The monoisotopic (exact) mass is 242 g/mol. The lowest BCUT2D eigenvalue weighted by atomic mass is 9.99. The fraction of sp³-hybridized carbons (Fsp3) is 0.923. The number of hydrogen-bond acceptors (Lipinski definition) is 3. The van der Waals surface area contributed by atoms with Gasteiger partial charge in [-0.25, -0.2) is 4.79 Å². The average molecular weight is 242 g/mol. The first-order valence-electron chi connectivity index (χ1n) is 6.28. The van der Waals surface area contributed by atoms with Crippen molar-refractivity contribution in [3.8, 4) is 0 Å². The van der Waals surface area contributed by atoms with E-state index < -0.39 is 5.60 Å². The number of nitrogens with one attached hydrogen (secondary N) is 1. The zero-order valence-electron chi connectivity index (χ0n) is 11.8. The van der Waals surface area contributed by atoms with Crippen LogP contribution in [0.4, 0.5) is 4.79 Å². The third-order valence-electron chi connectivity index (χ3n) is 3.38. The summed E-state index contributed by atoms with van der Waals surface area (Å²) in [4.78, 5) is 11.6. The van der Waals surface area contributed by atoms with E-state index in [0.29, 0.717) is 11.3 Å². The van der Waals surface area contributed by atoms with Crippen LogP contribution in [0, 0.1) is 11.3 Å². The van der Waals surface area contributed by atoms with Crippen LogP contribution in [0.15, 0.2) is 0 Å². The highest BCUT2D eigenvalue weighted by molar-refractivity contribution is 5.68. The highest BCUT2D eigenvalue weighted by Gasteiger charge is 2.50. The molecule has 1 fully saturated rings. The molecule has 0 bridgehead atoms. The van der Waals surface area contributed by atoms with Crippen LogP contribution in [0.2, 0.25) is 0 Å². The number of ether oxygens (including phenoxy) is 1. The molecule has 0 spiro atoms. The Morgan fingerprint density at radius 3 is 2.29 bits per heavy atom. The number of carbonyl (C=O) groups is 1. The Morgan fingerprint density at radius 1 is 1.47 bits per heavy atom. The number of nitrogens with two attached hydrogens (primary N) is 1. The molecule has 100 valence electrons. The molecule has 1 aliphatic carbocycles. The highest BCUT2D eigenvalue weighted by atomic mass is 16.6. The van der Waals surface area contributed by atoms with Crippen LogP contribution in [0.1, 0.15) is 48.0 Å². The molecule has 1 rings (SSSR count). The fourth-order valence-electron chi connectivity index (χ4n) is 2.10. The van der Waals surface area contributed by atoms with Crippen molar-refractivity contribution in [2.45, 2.75) is 65.6 Å². The molecule has 0 aromatic carbocycles. The first kappa shape index (κ1) is 14.3. The molecule has 0 aromatic heterocycles. The molecule has 17 heavy (non-hydrogen) atoms. The first-order valence-corrected chi connectivity index (χ1v) is 6.28. The van der Waals surface area contributed by atoms with Crippen molar-refractivity contribution in [3.05, 3.63) is 0 Å². The molecule has 1 saturated carbocycles. The van der Waals surface area contributed by atoms with Gasteiger partial charge in [0.15, 0.2) is 0 Å². The van der Waals surface area contributed by atoms with Gasteiger partial charge in [0.25, 0.3) is 0 Å². The van der Waals surface area contributed by atoms with E-state index in [0.717, 1.165) is 6.42 Å². The summed E-state index contributed by atoms with van der Waals surface area (Å²) >= 11 is 0. The Hall–Kier alpha value is -0.770. The van der Waals surface area contributed by atoms with E-state index >= 15 is 0 Å². The second-order valence-electron chi connectivity index (χ2n) is 6.81. The standard InChI is InChI=1S/C13H26N2O2/c1-8(10(14)9-7-13(9,5)6)15-11(16)17-12(2,3)4/h8-10H,7,14H2,1-6H3,(H,15,16)/t8-,9?,10?/m0/s1. The van der Waals surface area contributed by atoms with Crippen LogP contribution < -0.4 is 11.1 Å². The molecule has 4 nitrogen and oxygen atoms in total. The van der Waals surface area contributed by atoms with Crippen LogP contribution in [0.5, 0.6) is 0 Å². The Balaban J connectivity index is 2.39. The van der Waals surface area contributed by atoms with Gasteiger partial charge in [-0.15, -0.1) is 0 Å². The minimum atomic E-state index is -0.466. The predicted molar refractivity (Wildman–Crippen MR) is 68.7 cm³/mol. The summed E-state index contributed by atoms with van der Waals surface area (Å²) in [5.41, 5.74) is 6.00. The number of rotatable bonds is 3. The topological polar surface area (TPSA) is 64.3 Å². The molecule has 0 aromatic rings. The summed E-state index contributed by atoms with van der Waals surface area (Å²) in [7, 11) is 0. The van der Waals surface area contributed by atoms with Gasteiger partial charge in [-0.05, 0) is 45.4 Å².